The third kappa shape index (κ3) is 3.62. The molecule has 0 aliphatic rings. The Morgan fingerprint density at radius 2 is 1.91 bits per heavy atom. The second-order valence-electron chi connectivity index (χ2n) is 4.87. The summed E-state index contributed by atoms with van der Waals surface area (Å²) in [5.41, 5.74) is 0.389. The van der Waals surface area contributed by atoms with Gasteiger partial charge in [0.2, 0.25) is 10.0 Å². The van der Waals surface area contributed by atoms with Gasteiger partial charge in [-0.2, -0.15) is 13.1 Å². The number of ketones is 1. The minimum absolute atomic E-state index is 0.0276. The van der Waals surface area contributed by atoms with Crippen molar-refractivity contribution >= 4 is 15.8 Å². The highest BCUT2D eigenvalue weighted by atomic mass is 32.2. The number of halogens is 2. The van der Waals surface area contributed by atoms with Crippen LogP contribution in [0.25, 0.3) is 0 Å². The van der Waals surface area contributed by atoms with Gasteiger partial charge in [-0.3, -0.25) is 9.36 Å². The lowest BCUT2D eigenvalue weighted by Gasteiger charge is -2.17. The lowest BCUT2D eigenvalue weighted by molar-refractivity contribution is 0.0658. The molecule has 0 saturated carbocycles. The van der Waals surface area contributed by atoms with Crippen LogP contribution < -0.4 is 0 Å². The molecule has 0 N–H and O–H groups in total. The van der Waals surface area contributed by atoms with Gasteiger partial charge in [0.1, 0.15) is 5.82 Å². The maximum atomic E-state index is 12.8. The third-order valence-corrected chi connectivity index (χ3v) is 5.11. The molecule has 0 saturated heterocycles. The topological polar surface area (TPSA) is 72.3 Å². The Morgan fingerprint density at radius 3 is 2.43 bits per heavy atom. The number of alkyl halides is 2. The summed E-state index contributed by atoms with van der Waals surface area (Å²) in [7, 11) is -2.60. The molecule has 0 spiro atoms. The summed E-state index contributed by atoms with van der Waals surface area (Å²) in [4.78, 5) is 14.9. The molecule has 0 aliphatic carbocycles. The Hall–Kier alpha value is -2.13. The maximum absolute atomic E-state index is 12.8. The average molecular weight is 343 g/mol. The fraction of sp³-hybridized carbons (Fsp3) is 0.286. The number of imidazole rings is 1. The highest BCUT2D eigenvalue weighted by molar-refractivity contribution is 7.89. The summed E-state index contributed by atoms with van der Waals surface area (Å²) in [5, 5.41) is 0. The second kappa shape index (κ2) is 6.55. The van der Waals surface area contributed by atoms with E-state index in [4.69, 9.17) is 0 Å². The van der Waals surface area contributed by atoms with Crippen molar-refractivity contribution in [3.8, 4) is 0 Å². The van der Waals surface area contributed by atoms with Crippen LogP contribution in [0.5, 0.6) is 0 Å². The van der Waals surface area contributed by atoms with Gasteiger partial charge in [-0.05, 0) is 19.1 Å². The van der Waals surface area contributed by atoms with E-state index < -0.39 is 16.6 Å². The van der Waals surface area contributed by atoms with Crippen LogP contribution >= 0.6 is 0 Å². The SMILES string of the molecule is CC(=O)c1ccc(S(=O)(=O)N(C)Cc2nccn2C(F)F)cc1. The first-order valence-electron chi connectivity index (χ1n) is 6.60. The summed E-state index contributed by atoms with van der Waals surface area (Å²) in [5.74, 6) is -0.243. The van der Waals surface area contributed by atoms with E-state index in [0.29, 0.717) is 10.1 Å². The van der Waals surface area contributed by atoms with Crippen molar-refractivity contribution in [3.63, 3.8) is 0 Å². The lowest BCUT2D eigenvalue weighted by atomic mass is 10.2. The number of hydrogen-bond donors (Lipinski definition) is 0. The van der Waals surface area contributed by atoms with E-state index in [-0.39, 0.29) is 23.0 Å². The Kier molecular flexibility index (Phi) is 4.90. The highest BCUT2D eigenvalue weighted by Crippen LogP contribution is 2.19. The van der Waals surface area contributed by atoms with Crippen LogP contribution in [0.15, 0.2) is 41.6 Å². The average Bonchev–Trinajstić information content (AvgIpc) is 2.95. The summed E-state index contributed by atoms with van der Waals surface area (Å²) in [6.45, 7) is -1.72. The molecule has 1 aromatic heterocycles. The molecular formula is C14H15F2N3O3S. The Balaban J connectivity index is 2.24. The van der Waals surface area contributed by atoms with E-state index in [0.717, 1.165) is 10.5 Å². The van der Waals surface area contributed by atoms with Crippen LogP contribution in [0.3, 0.4) is 0 Å². The molecule has 6 nitrogen and oxygen atoms in total. The van der Waals surface area contributed by atoms with E-state index in [1.165, 1.54) is 44.4 Å². The largest absolute Gasteiger partial charge is 0.319 e. The lowest BCUT2D eigenvalue weighted by Crippen LogP contribution is -2.28. The summed E-state index contributed by atoms with van der Waals surface area (Å²) in [6.07, 6.45) is 2.27. The fourth-order valence-electron chi connectivity index (χ4n) is 1.97. The monoisotopic (exact) mass is 343 g/mol. The van der Waals surface area contributed by atoms with Gasteiger partial charge >= 0.3 is 6.55 Å². The van der Waals surface area contributed by atoms with Crippen LogP contribution in [0.4, 0.5) is 8.78 Å². The summed E-state index contributed by atoms with van der Waals surface area (Å²) in [6, 6.07) is 5.43. The van der Waals surface area contributed by atoms with Gasteiger partial charge < -0.3 is 0 Å². The molecule has 1 aromatic carbocycles. The third-order valence-electron chi connectivity index (χ3n) is 3.29. The molecule has 0 atom stereocenters. The fourth-order valence-corrected chi connectivity index (χ4v) is 3.10. The van der Waals surface area contributed by atoms with Gasteiger partial charge in [-0.25, -0.2) is 13.4 Å². The number of carbonyl (C=O) groups excluding carboxylic acids is 1. The molecule has 0 amide bonds. The summed E-state index contributed by atoms with van der Waals surface area (Å²) >= 11 is 0. The van der Waals surface area contributed by atoms with Crippen LogP contribution in [-0.4, -0.2) is 35.1 Å². The first kappa shape index (κ1) is 17.2. The molecule has 9 heteroatoms. The Bertz CT molecular complexity index is 801. The van der Waals surface area contributed by atoms with Crippen molar-refractivity contribution in [1.82, 2.24) is 13.9 Å². The van der Waals surface area contributed by atoms with Crippen molar-refractivity contribution in [3.05, 3.63) is 48.0 Å². The van der Waals surface area contributed by atoms with Crippen LogP contribution in [-0.2, 0) is 16.6 Å². The Labute approximate surface area is 132 Å². The molecule has 1 heterocycles. The number of rotatable bonds is 6. The minimum atomic E-state index is -3.88. The van der Waals surface area contributed by atoms with Gasteiger partial charge in [0.25, 0.3) is 0 Å². The zero-order chi connectivity index (χ0) is 17.2. The van der Waals surface area contributed by atoms with E-state index >= 15 is 0 Å². The van der Waals surface area contributed by atoms with Crippen molar-refractivity contribution in [2.75, 3.05) is 7.05 Å². The minimum Gasteiger partial charge on any atom is -0.295 e. The van der Waals surface area contributed by atoms with E-state index in [2.05, 4.69) is 4.98 Å². The number of nitrogens with zero attached hydrogens (tertiary/aromatic N) is 3. The molecule has 2 aromatic rings. The van der Waals surface area contributed by atoms with Crippen molar-refractivity contribution in [2.45, 2.75) is 24.9 Å². The van der Waals surface area contributed by atoms with E-state index in [1.807, 2.05) is 0 Å². The zero-order valence-electron chi connectivity index (χ0n) is 12.5. The molecule has 0 fully saturated rings. The smallest absolute Gasteiger partial charge is 0.295 e. The molecule has 0 aliphatic heterocycles. The van der Waals surface area contributed by atoms with Gasteiger partial charge in [0.05, 0.1) is 11.4 Å². The van der Waals surface area contributed by atoms with Crippen LogP contribution in [0.2, 0.25) is 0 Å². The standard InChI is InChI=1S/C14H15F2N3O3S/c1-10(20)11-3-5-12(6-4-11)23(21,22)18(2)9-13-17-7-8-19(13)14(15)16/h3-8,14H,9H2,1-2H3. The first-order valence-corrected chi connectivity index (χ1v) is 8.04. The van der Waals surface area contributed by atoms with Crippen LogP contribution in [0, 0.1) is 0 Å². The molecule has 0 bridgehead atoms. The number of hydrogen-bond acceptors (Lipinski definition) is 4. The number of benzene rings is 1. The maximum Gasteiger partial charge on any atom is 0.319 e. The molecule has 23 heavy (non-hydrogen) atoms. The van der Waals surface area contributed by atoms with Gasteiger partial charge in [0, 0.05) is 25.0 Å². The second-order valence-corrected chi connectivity index (χ2v) is 6.91. The molecule has 124 valence electrons. The van der Waals surface area contributed by atoms with Gasteiger partial charge in [-0.15, -0.1) is 0 Å². The van der Waals surface area contributed by atoms with E-state index in [9.17, 15) is 22.0 Å². The highest BCUT2D eigenvalue weighted by Gasteiger charge is 2.23. The van der Waals surface area contributed by atoms with Gasteiger partial charge in [-0.1, -0.05) is 12.1 Å². The molecular weight excluding hydrogens is 328 g/mol. The quantitative estimate of drug-likeness (QED) is 0.755. The van der Waals surface area contributed by atoms with Crippen LogP contribution in [0.1, 0.15) is 29.7 Å². The van der Waals surface area contributed by atoms with Gasteiger partial charge in [0.15, 0.2) is 5.78 Å². The number of carbonyl (C=O) groups is 1. The number of aromatic nitrogens is 2. The van der Waals surface area contributed by atoms with Crippen molar-refractivity contribution in [1.29, 1.82) is 0 Å². The normalized spacial score (nSPS) is 12.1. The molecule has 0 radical (unpaired) electrons. The Morgan fingerprint density at radius 1 is 1.30 bits per heavy atom. The molecule has 0 unspecified atom stereocenters. The number of sulfonamides is 1. The predicted molar refractivity (Wildman–Crippen MR) is 78.6 cm³/mol. The van der Waals surface area contributed by atoms with Crippen molar-refractivity contribution in [2.24, 2.45) is 0 Å². The number of Topliss-reactive ketones (excluding diaryl/α,β-unsaturated/α-hetero) is 1. The predicted octanol–water partition coefficient (Wildman–Crippen LogP) is 2.30. The van der Waals surface area contributed by atoms with E-state index in [1.54, 1.807) is 0 Å². The van der Waals surface area contributed by atoms with Crippen molar-refractivity contribution < 1.29 is 22.0 Å². The first-order chi connectivity index (χ1) is 10.7. The zero-order valence-corrected chi connectivity index (χ0v) is 13.3. The molecule has 2 rings (SSSR count). The summed E-state index contributed by atoms with van der Waals surface area (Å²) < 4.78 is 52.0.